The lowest BCUT2D eigenvalue weighted by molar-refractivity contribution is -0.111. The number of furan rings is 1. The second-order valence-electron chi connectivity index (χ2n) is 4.30. The topological polar surface area (TPSA) is 90.9 Å². The average Bonchev–Trinajstić information content (AvgIpc) is 3.01. The predicted molar refractivity (Wildman–Crippen MR) is 88.0 cm³/mol. The molecule has 0 aliphatic carbocycles. The van der Waals surface area contributed by atoms with E-state index < -0.39 is 0 Å². The number of benzene rings is 1. The lowest BCUT2D eigenvalue weighted by Crippen LogP contribution is -2.07. The summed E-state index contributed by atoms with van der Waals surface area (Å²) in [6, 6.07) is 8.72. The Bertz CT molecular complexity index is 888. The van der Waals surface area contributed by atoms with Crippen LogP contribution in [0.4, 0.5) is 5.69 Å². The number of carbonyl (C=O) groups excluding carboxylic acids is 1. The summed E-state index contributed by atoms with van der Waals surface area (Å²) in [5, 5.41) is 2.72. The maximum Gasteiger partial charge on any atom is 0.323 e. The number of hydrogen-bond donors (Lipinski definition) is 3. The molecule has 3 rings (SSSR count). The summed E-state index contributed by atoms with van der Waals surface area (Å²) in [5.41, 5.74) is 1.66. The zero-order valence-corrected chi connectivity index (χ0v) is 12.8. The van der Waals surface area contributed by atoms with Gasteiger partial charge >= 0.3 is 5.69 Å². The van der Waals surface area contributed by atoms with Crippen molar-refractivity contribution in [1.29, 1.82) is 0 Å². The van der Waals surface area contributed by atoms with Crippen LogP contribution in [-0.4, -0.2) is 15.9 Å². The Kier molecular flexibility index (Phi) is 3.65. The Balaban J connectivity index is 1.73. The summed E-state index contributed by atoms with van der Waals surface area (Å²) < 4.78 is 6.08. The first-order valence-electron chi connectivity index (χ1n) is 6.06. The first kappa shape index (κ1) is 13.7. The number of halogens is 1. The zero-order valence-electron chi connectivity index (χ0n) is 10.6. The molecule has 6 nitrogen and oxygen atoms in total. The highest BCUT2D eigenvalue weighted by Gasteiger charge is 2.02. The van der Waals surface area contributed by atoms with E-state index >= 15 is 0 Å². The maximum absolute atomic E-state index is 11.8. The van der Waals surface area contributed by atoms with Crippen molar-refractivity contribution in [2.24, 2.45) is 0 Å². The lowest BCUT2D eigenvalue weighted by atomic mass is 10.2. The summed E-state index contributed by atoms with van der Waals surface area (Å²) in [4.78, 5) is 28.2. The Morgan fingerprint density at radius 2 is 2.00 bits per heavy atom. The quantitative estimate of drug-likeness (QED) is 0.471. The van der Waals surface area contributed by atoms with Crippen LogP contribution in [0.2, 0.25) is 0 Å². The number of fused-ring (bicyclic) bond motifs is 1. The molecular weight excluding hydrogens is 385 g/mol. The van der Waals surface area contributed by atoms with Crippen molar-refractivity contribution in [2.45, 2.75) is 0 Å². The van der Waals surface area contributed by atoms with Crippen molar-refractivity contribution in [2.75, 3.05) is 5.32 Å². The monoisotopic (exact) mass is 395 g/mol. The number of H-pyrrole nitrogens is 2. The molecule has 0 aliphatic rings. The number of nitrogens with one attached hydrogen (secondary N) is 3. The molecule has 0 bridgehead atoms. The highest BCUT2D eigenvalue weighted by molar-refractivity contribution is 14.1. The number of rotatable bonds is 3. The summed E-state index contributed by atoms with van der Waals surface area (Å²) in [5.74, 6) is 0.332. The van der Waals surface area contributed by atoms with Gasteiger partial charge in [0.25, 0.3) is 0 Å². The first-order chi connectivity index (χ1) is 10.1. The number of amides is 1. The van der Waals surface area contributed by atoms with Crippen LogP contribution in [0.15, 0.2) is 45.6 Å². The molecule has 1 amide bonds. The van der Waals surface area contributed by atoms with Gasteiger partial charge in [0, 0.05) is 11.8 Å². The third-order valence-corrected chi connectivity index (χ3v) is 3.36. The predicted octanol–water partition coefficient (Wildman–Crippen LogP) is 2.71. The van der Waals surface area contributed by atoms with Gasteiger partial charge in [-0.3, -0.25) is 4.79 Å². The van der Waals surface area contributed by atoms with E-state index in [4.69, 9.17) is 4.42 Å². The van der Waals surface area contributed by atoms with E-state index in [-0.39, 0.29) is 11.6 Å². The lowest BCUT2D eigenvalue weighted by Gasteiger charge is -2.01. The molecule has 7 heteroatoms. The average molecular weight is 395 g/mol. The van der Waals surface area contributed by atoms with Gasteiger partial charge in [-0.15, -0.1) is 0 Å². The molecule has 0 saturated heterocycles. The molecule has 2 heterocycles. The minimum atomic E-state index is -0.279. The number of carbonyl (C=O) groups is 1. The van der Waals surface area contributed by atoms with Gasteiger partial charge in [-0.1, -0.05) is 0 Å². The second kappa shape index (κ2) is 5.60. The van der Waals surface area contributed by atoms with Gasteiger partial charge in [0.15, 0.2) is 3.77 Å². The fraction of sp³-hybridized carbons (Fsp3) is 0. The van der Waals surface area contributed by atoms with E-state index in [1.807, 2.05) is 6.07 Å². The standard InChI is InChI=1S/C14H10IN3O3/c15-12-5-2-9(21-12)3-6-13(19)16-8-1-4-10-11(7-8)18-14(20)17-10/h1-7H,(H,16,19)(H2,17,18,20). The molecule has 0 saturated carbocycles. The van der Waals surface area contributed by atoms with Crippen molar-refractivity contribution in [1.82, 2.24) is 9.97 Å². The summed E-state index contributed by atoms with van der Waals surface area (Å²) in [6.07, 6.45) is 2.98. The van der Waals surface area contributed by atoms with Crippen molar-refractivity contribution >= 4 is 51.3 Å². The molecule has 2 aromatic heterocycles. The second-order valence-corrected chi connectivity index (χ2v) is 5.37. The van der Waals surface area contributed by atoms with Gasteiger partial charge in [-0.2, -0.15) is 0 Å². The van der Waals surface area contributed by atoms with Crippen LogP contribution < -0.4 is 11.0 Å². The minimum absolute atomic E-state index is 0.277. The molecular formula is C14H10IN3O3. The SMILES string of the molecule is O=C(C=Cc1ccc(I)o1)Nc1ccc2[nH]c(=O)[nH]c2c1. The molecule has 3 aromatic rings. The van der Waals surface area contributed by atoms with Gasteiger partial charge in [0.1, 0.15) is 5.76 Å². The van der Waals surface area contributed by atoms with Crippen LogP contribution in [0.3, 0.4) is 0 Å². The van der Waals surface area contributed by atoms with E-state index in [2.05, 4.69) is 37.9 Å². The van der Waals surface area contributed by atoms with Gasteiger partial charge in [0.2, 0.25) is 5.91 Å². The molecule has 0 atom stereocenters. The van der Waals surface area contributed by atoms with Gasteiger partial charge < -0.3 is 19.7 Å². The van der Waals surface area contributed by atoms with Crippen LogP contribution >= 0.6 is 22.6 Å². The third-order valence-electron chi connectivity index (χ3n) is 2.78. The highest BCUT2D eigenvalue weighted by atomic mass is 127. The van der Waals surface area contributed by atoms with Gasteiger partial charge in [-0.05, 0) is 59.0 Å². The van der Waals surface area contributed by atoms with Crippen LogP contribution in [0, 0.1) is 3.77 Å². The van der Waals surface area contributed by atoms with Gasteiger partial charge in [0.05, 0.1) is 11.0 Å². The van der Waals surface area contributed by atoms with E-state index in [1.165, 1.54) is 6.08 Å². The van der Waals surface area contributed by atoms with E-state index in [0.29, 0.717) is 22.5 Å². The fourth-order valence-corrected chi connectivity index (χ4v) is 2.30. The van der Waals surface area contributed by atoms with E-state index in [1.54, 1.807) is 30.3 Å². The zero-order chi connectivity index (χ0) is 14.8. The van der Waals surface area contributed by atoms with Crippen LogP contribution in [-0.2, 0) is 4.79 Å². The number of imidazole rings is 1. The van der Waals surface area contributed by atoms with Crippen LogP contribution in [0.1, 0.15) is 5.76 Å². The number of aromatic nitrogens is 2. The Morgan fingerprint density at radius 3 is 2.76 bits per heavy atom. The molecule has 0 spiro atoms. The third kappa shape index (κ3) is 3.24. The van der Waals surface area contributed by atoms with Crippen molar-refractivity contribution < 1.29 is 9.21 Å². The Labute approximate surface area is 132 Å². The Hall–Kier alpha value is -2.29. The smallest absolute Gasteiger partial charge is 0.323 e. The van der Waals surface area contributed by atoms with E-state index in [0.717, 1.165) is 3.77 Å². The summed E-state index contributed by atoms with van der Waals surface area (Å²) in [6.45, 7) is 0. The molecule has 1 aromatic carbocycles. The van der Waals surface area contributed by atoms with Crippen molar-refractivity contribution in [3.05, 3.63) is 56.4 Å². The molecule has 0 aliphatic heterocycles. The molecule has 3 N–H and O–H groups in total. The largest absolute Gasteiger partial charge is 0.451 e. The van der Waals surface area contributed by atoms with Crippen LogP contribution in [0.5, 0.6) is 0 Å². The number of aromatic amines is 2. The first-order valence-corrected chi connectivity index (χ1v) is 7.14. The normalized spacial score (nSPS) is 11.3. The summed E-state index contributed by atoms with van der Waals surface area (Å²) >= 11 is 2.05. The Morgan fingerprint density at radius 1 is 1.19 bits per heavy atom. The molecule has 0 fully saturated rings. The van der Waals surface area contributed by atoms with E-state index in [9.17, 15) is 9.59 Å². The van der Waals surface area contributed by atoms with Gasteiger partial charge in [-0.25, -0.2) is 4.79 Å². The molecule has 0 unspecified atom stereocenters. The highest BCUT2D eigenvalue weighted by Crippen LogP contribution is 2.15. The number of anilines is 1. The minimum Gasteiger partial charge on any atom is -0.451 e. The summed E-state index contributed by atoms with van der Waals surface area (Å²) in [7, 11) is 0. The maximum atomic E-state index is 11.8. The van der Waals surface area contributed by atoms with Crippen molar-refractivity contribution in [3.63, 3.8) is 0 Å². The van der Waals surface area contributed by atoms with Crippen LogP contribution in [0.25, 0.3) is 17.1 Å². The fourth-order valence-electron chi connectivity index (χ4n) is 1.87. The molecule has 21 heavy (non-hydrogen) atoms. The molecule has 0 radical (unpaired) electrons. The van der Waals surface area contributed by atoms with Crippen molar-refractivity contribution in [3.8, 4) is 0 Å². The number of hydrogen-bond acceptors (Lipinski definition) is 3. The molecule has 106 valence electrons.